The number of rotatable bonds is 3. The van der Waals surface area contributed by atoms with Crippen LogP contribution in [-0.2, 0) is 16.0 Å². The highest BCUT2D eigenvalue weighted by atomic mass is 16.6. The van der Waals surface area contributed by atoms with E-state index >= 15 is 0 Å². The van der Waals surface area contributed by atoms with Crippen molar-refractivity contribution < 1.29 is 14.3 Å². The van der Waals surface area contributed by atoms with Gasteiger partial charge in [0, 0.05) is 6.42 Å². The molecule has 0 amide bonds. The van der Waals surface area contributed by atoms with E-state index in [1.165, 1.54) is 0 Å². The Morgan fingerprint density at radius 2 is 2.06 bits per heavy atom. The number of ether oxygens (including phenoxy) is 1. The molecule has 0 atom stereocenters. The summed E-state index contributed by atoms with van der Waals surface area (Å²) < 4.78 is 5.22. The Morgan fingerprint density at radius 3 is 2.62 bits per heavy atom. The molecule has 0 aliphatic rings. The zero-order valence-electron chi connectivity index (χ0n) is 9.74. The summed E-state index contributed by atoms with van der Waals surface area (Å²) in [4.78, 5) is 21.9. The second-order valence-electron chi connectivity index (χ2n) is 4.52. The molecule has 1 aromatic rings. The summed E-state index contributed by atoms with van der Waals surface area (Å²) in [5.41, 5.74) is 0.713. The molecule has 0 aromatic heterocycles. The van der Waals surface area contributed by atoms with Gasteiger partial charge in [0.2, 0.25) is 6.29 Å². The van der Waals surface area contributed by atoms with Crippen molar-refractivity contribution in [3.8, 4) is 0 Å². The minimum absolute atomic E-state index is 0.191. The Kier molecular flexibility index (Phi) is 3.82. The van der Waals surface area contributed by atoms with E-state index in [4.69, 9.17) is 4.74 Å². The van der Waals surface area contributed by atoms with Crippen molar-refractivity contribution in [2.24, 2.45) is 0 Å². The molecule has 0 N–H and O–H groups in total. The lowest BCUT2D eigenvalue weighted by atomic mass is 10.1. The molecule has 1 aromatic carbocycles. The van der Waals surface area contributed by atoms with Crippen molar-refractivity contribution in [2.75, 3.05) is 0 Å². The Bertz CT molecular complexity index is 388. The highest BCUT2D eigenvalue weighted by Gasteiger charge is 2.17. The summed E-state index contributed by atoms with van der Waals surface area (Å²) in [6.07, 6.45) is 1.99. The fourth-order valence-corrected chi connectivity index (χ4v) is 1.23. The molecule has 0 heterocycles. The lowest BCUT2D eigenvalue weighted by Crippen LogP contribution is -2.23. The lowest BCUT2D eigenvalue weighted by molar-refractivity contribution is 0.00694. The quantitative estimate of drug-likeness (QED) is 0.732. The van der Waals surface area contributed by atoms with Gasteiger partial charge in [0.05, 0.1) is 5.56 Å². The third-order valence-electron chi connectivity index (χ3n) is 1.84. The molecule has 0 bridgehead atoms. The second-order valence-corrected chi connectivity index (χ2v) is 4.52. The number of esters is 1. The average molecular weight is 219 g/mol. The molecule has 1 radical (unpaired) electrons. The van der Waals surface area contributed by atoms with Crippen molar-refractivity contribution in [1.29, 1.82) is 0 Å². The number of hydrogen-bond donors (Lipinski definition) is 0. The van der Waals surface area contributed by atoms with Crippen molar-refractivity contribution >= 4 is 12.3 Å². The van der Waals surface area contributed by atoms with E-state index in [0.29, 0.717) is 5.56 Å². The zero-order chi connectivity index (χ0) is 12.2. The molecule has 0 fully saturated rings. The third-order valence-corrected chi connectivity index (χ3v) is 1.84. The number of benzene rings is 1. The summed E-state index contributed by atoms with van der Waals surface area (Å²) in [6, 6.07) is 6.83. The molecular formula is C13H15O3. The van der Waals surface area contributed by atoms with E-state index in [1.807, 2.05) is 20.8 Å². The second kappa shape index (κ2) is 4.92. The van der Waals surface area contributed by atoms with Gasteiger partial charge in [-0.05, 0) is 38.5 Å². The lowest BCUT2D eigenvalue weighted by Gasteiger charge is -2.19. The summed E-state index contributed by atoms with van der Waals surface area (Å²) in [5, 5.41) is 0. The van der Waals surface area contributed by atoms with Gasteiger partial charge in [0.1, 0.15) is 5.60 Å². The Labute approximate surface area is 95.4 Å². The summed E-state index contributed by atoms with van der Waals surface area (Å²) >= 11 is 0. The van der Waals surface area contributed by atoms with Crippen LogP contribution in [-0.4, -0.2) is 17.9 Å². The maximum atomic E-state index is 11.7. The molecule has 3 heteroatoms. The van der Waals surface area contributed by atoms with Gasteiger partial charge < -0.3 is 4.74 Å². The standard InChI is InChI=1S/C13H15O3/c1-13(2,3)16-12(15)11-6-4-5-10(9-11)7-8-14/h4-6,9H,7H2,1-3H3. The van der Waals surface area contributed by atoms with Crippen LogP contribution in [0.2, 0.25) is 0 Å². The SMILES string of the molecule is CC(C)(C)OC(=O)c1cccc(C[C]=O)c1. The molecule has 16 heavy (non-hydrogen) atoms. The average Bonchev–Trinajstić information content (AvgIpc) is 2.16. The third kappa shape index (κ3) is 3.85. The molecule has 0 aliphatic heterocycles. The highest BCUT2D eigenvalue weighted by molar-refractivity contribution is 5.90. The minimum Gasteiger partial charge on any atom is -0.456 e. The normalized spacial score (nSPS) is 10.9. The maximum absolute atomic E-state index is 11.7. The fraction of sp³-hybridized carbons (Fsp3) is 0.385. The Morgan fingerprint density at radius 1 is 1.38 bits per heavy atom. The number of carbonyl (C=O) groups excluding carboxylic acids is 2. The van der Waals surface area contributed by atoms with Gasteiger partial charge in [-0.15, -0.1) is 0 Å². The van der Waals surface area contributed by atoms with Gasteiger partial charge in [-0.1, -0.05) is 12.1 Å². The molecule has 0 saturated carbocycles. The first-order chi connectivity index (χ1) is 7.42. The predicted molar refractivity (Wildman–Crippen MR) is 61.0 cm³/mol. The molecule has 85 valence electrons. The van der Waals surface area contributed by atoms with Gasteiger partial charge in [0.15, 0.2) is 0 Å². The first-order valence-corrected chi connectivity index (χ1v) is 5.09. The van der Waals surface area contributed by atoms with Crippen LogP contribution < -0.4 is 0 Å². The Balaban J connectivity index is 2.83. The van der Waals surface area contributed by atoms with E-state index in [9.17, 15) is 9.59 Å². The summed E-state index contributed by atoms with van der Waals surface area (Å²) in [5.74, 6) is -0.375. The molecule has 1 rings (SSSR count). The monoisotopic (exact) mass is 219 g/mol. The van der Waals surface area contributed by atoms with Gasteiger partial charge in [0.25, 0.3) is 0 Å². The van der Waals surface area contributed by atoms with Crippen LogP contribution in [0.5, 0.6) is 0 Å². The van der Waals surface area contributed by atoms with Crippen LogP contribution in [0.25, 0.3) is 0 Å². The molecule has 3 nitrogen and oxygen atoms in total. The van der Waals surface area contributed by atoms with E-state index in [2.05, 4.69) is 0 Å². The van der Waals surface area contributed by atoms with E-state index in [1.54, 1.807) is 30.6 Å². The number of hydrogen-bond acceptors (Lipinski definition) is 3. The number of carbonyl (C=O) groups is 1. The Hall–Kier alpha value is -1.64. The largest absolute Gasteiger partial charge is 0.456 e. The van der Waals surface area contributed by atoms with Gasteiger partial charge in [-0.2, -0.15) is 0 Å². The van der Waals surface area contributed by atoms with E-state index in [-0.39, 0.29) is 12.4 Å². The first kappa shape index (κ1) is 12.4. The van der Waals surface area contributed by atoms with Crippen LogP contribution in [0.4, 0.5) is 0 Å². The zero-order valence-corrected chi connectivity index (χ0v) is 9.74. The van der Waals surface area contributed by atoms with Crippen molar-refractivity contribution in [3.05, 3.63) is 35.4 Å². The molecular weight excluding hydrogens is 204 g/mol. The van der Waals surface area contributed by atoms with Crippen molar-refractivity contribution in [1.82, 2.24) is 0 Å². The van der Waals surface area contributed by atoms with E-state index in [0.717, 1.165) is 5.56 Å². The van der Waals surface area contributed by atoms with Gasteiger partial charge >= 0.3 is 5.97 Å². The maximum Gasteiger partial charge on any atom is 0.338 e. The smallest absolute Gasteiger partial charge is 0.338 e. The molecule has 0 unspecified atom stereocenters. The van der Waals surface area contributed by atoms with Crippen molar-refractivity contribution in [2.45, 2.75) is 32.8 Å². The van der Waals surface area contributed by atoms with Gasteiger partial charge in [-0.25, -0.2) is 4.79 Å². The predicted octanol–water partition coefficient (Wildman–Crippen LogP) is 2.29. The molecule has 0 spiro atoms. The highest BCUT2D eigenvalue weighted by Crippen LogP contribution is 2.13. The van der Waals surface area contributed by atoms with Gasteiger partial charge in [-0.3, -0.25) is 4.79 Å². The first-order valence-electron chi connectivity index (χ1n) is 5.09. The fourth-order valence-electron chi connectivity index (χ4n) is 1.23. The van der Waals surface area contributed by atoms with Crippen LogP contribution in [0.15, 0.2) is 24.3 Å². The molecule has 0 saturated heterocycles. The summed E-state index contributed by atoms with van der Waals surface area (Å²) in [7, 11) is 0. The van der Waals surface area contributed by atoms with Crippen LogP contribution in [0.3, 0.4) is 0 Å². The van der Waals surface area contributed by atoms with Crippen LogP contribution in [0.1, 0.15) is 36.7 Å². The van der Waals surface area contributed by atoms with Crippen molar-refractivity contribution in [3.63, 3.8) is 0 Å². The van der Waals surface area contributed by atoms with E-state index < -0.39 is 5.60 Å². The topological polar surface area (TPSA) is 43.4 Å². The summed E-state index contributed by atoms with van der Waals surface area (Å²) in [6.45, 7) is 5.44. The van der Waals surface area contributed by atoms with Crippen LogP contribution >= 0.6 is 0 Å². The minimum atomic E-state index is -0.510. The van der Waals surface area contributed by atoms with Crippen LogP contribution in [0, 0.1) is 0 Å². The molecule has 0 aliphatic carbocycles.